The highest BCUT2D eigenvalue weighted by atomic mass is 31.2. The van der Waals surface area contributed by atoms with Crippen LogP contribution in [0.5, 0.6) is 5.75 Å². The zero-order valence-corrected chi connectivity index (χ0v) is 30.2. The molecular weight excluding hydrogens is 695 g/mol. The Bertz CT molecular complexity index is 1470. The van der Waals surface area contributed by atoms with Gasteiger partial charge in [-0.25, -0.2) is 4.57 Å². The van der Waals surface area contributed by atoms with E-state index in [0.29, 0.717) is 25.9 Å². The zero-order chi connectivity index (χ0) is 37.7. The number of ether oxygens (including phenoxy) is 5. The smallest absolute Gasteiger partial charge is 0.459 e. The van der Waals surface area contributed by atoms with Crippen molar-refractivity contribution in [2.75, 3.05) is 33.3 Å². The highest BCUT2D eigenvalue weighted by Gasteiger charge is 2.53. The zero-order valence-electron chi connectivity index (χ0n) is 29.3. The molecule has 0 radical (unpaired) electrons. The summed E-state index contributed by atoms with van der Waals surface area (Å²) in [6.45, 7) is 6.62. The van der Waals surface area contributed by atoms with Crippen molar-refractivity contribution in [3.8, 4) is 5.75 Å². The normalized spacial score (nSPS) is 24.2. The number of hydrogen-bond donors (Lipinski definition) is 2. The van der Waals surface area contributed by atoms with Gasteiger partial charge in [-0.15, -0.1) is 0 Å². The molecular formula is C31H45N6O13P. The molecule has 2 unspecified atom stereocenters. The summed E-state index contributed by atoms with van der Waals surface area (Å²) in [5, 5.41) is 8.25. The second-order valence-corrected chi connectivity index (χ2v) is 13.9. The summed E-state index contributed by atoms with van der Waals surface area (Å²) in [6, 6.07) is 5.21. The van der Waals surface area contributed by atoms with E-state index in [1.165, 1.54) is 19.1 Å². The highest BCUT2D eigenvalue weighted by Crippen LogP contribution is 2.46. The molecule has 2 fully saturated rings. The number of amides is 1. The van der Waals surface area contributed by atoms with Crippen molar-refractivity contribution in [2.45, 2.75) is 90.2 Å². The standard InChI is InChI=1S/C31H45N6O13P/c1-18(2)45-29(41)19(3)35-51(43,50-23-10-8-7-9-11-23)44-17-24-27(46-20(4)38)28(47-21(5)39)26(34-25(40)16-33-36-32)31(48-24)49-30(42)22-12-14-37(6)15-13-22/h7-11,18-19,22,24,26-28,31H,12-17H2,1-6H3,(H,34,40)(H,35,43)/t19-,24+,26-,27+,28+,31?,51?/m0/s1. The minimum atomic E-state index is -4.50. The topological polar surface area (TPSA) is 243 Å². The lowest BCUT2D eigenvalue weighted by molar-refractivity contribution is -0.271. The first-order valence-electron chi connectivity index (χ1n) is 16.3. The van der Waals surface area contributed by atoms with E-state index in [2.05, 4.69) is 20.4 Å². The summed E-state index contributed by atoms with van der Waals surface area (Å²) in [5.74, 6) is -4.46. The Balaban J connectivity index is 2.00. The maximum Gasteiger partial charge on any atom is 0.459 e. The average molecular weight is 741 g/mol. The Hall–Kier alpha value is -4.25. The Labute approximate surface area is 295 Å². The van der Waals surface area contributed by atoms with Crippen LogP contribution in [0.25, 0.3) is 10.4 Å². The van der Waals surface area contributed by atoms with Crippen LogP contribution in [0.3, 0.4) is 0 Å². The van der Waals surface area contributed by atoms with E-state index >= 15 is 0 Å². The van der Waals surface area contributed by atoms with Crippen LogP contribution < -0.4 is 14.9 Å². The molecule has 2 aliphatic heterocycles. The summed E-state index contributed by atoms with van der Waals surface area (Å²) in [5.41, 5.74) is 8.72. The molecule has 2 N–H and O–H groups in total. The Morgan fingerprint density at radius 2 is 1.65 bits per heavy atom. The lowest BCUT2D eigenvalue weighted by atomic mass is 9.95. The van der Waals surface area contributed by atoms with Crippen molar-refractivity contribution in [1.82, 2.24) is 15.3 Å². The molecule has 1 aromatic rings. The third-order valence-corrected chi connectivity index (χ3v) is 9.22. The number of rotatable bonds is 16. The molecule has 0 saturated carbocycles. The first kappa shape index (κ1) is 41.2. The molecule has 282 valence electrons. The average Bonchev–Trinajstić information content (AvgIpc) is 3.05. The number of nitrogens with zero attached hydrogens (tertiary/aromatic N) is 4. The summed E-state index contributed by atoms with van der Waals surface area (Å²) in [6.07, 6.45) is -5.83. The van der Waals surface area contributed by atoms with Crippen molar-refractivity contribution >= 4 is 37.5 Å². The van der Waals surface area contributed by atoms with Crippen LogP contribution in [0.2, 0.25) is 0 Å². The van der Waals surface area contributed by atoms with Gasteiger partial charge in [0.15, 0.2) is 12.2 Å². The van der Waals surface area contributed by atoms with Crippen LogP contribution in [0.4, 0.5) is 0 Å². The number of nitrogens with one attached hydrogen (secondary N) is 2. The van der Waals surface area contributed by atoms with Gasteiger partial charge in [0.05, 0.1) is 18.6 Å². The van der Waals surface area contributed by atoms with Gasteiger partial charge in [-0.1, -0.05) is 23.3 Å². The van der Waals surface area contributed by atoms with Gasteiger partial charge in [0.2, 0.25) is 12.2 Å². The maximum absolute atomic E-state index is 14.2. The molecule has 0 spiro atoms. The Morgan fingerprint density at radius 1 is 1.02 bits per heavy atom. The van der Waals surface area contributed by atoms with Crippen LogP contribution in [-0.2, 0) is 56.7 Å². The molecule has 20 heteroatoms. The Kier molecular flexibility index (Phi) is 15.6. The van der Waals surface area contributed by atoms with Crippen LogP contribution in [-0.4, -0.2) is 111 Å². The second-order valence-electron chi connectivity index (χ2n) is 12.2. The van der Waals surface area contributed by atoms with Gasteiger partial charge in [-0.05, 0) is 71.4 Å². The number of esters is 4. The minimum Gasteiger partial charge on any atom is -0.462 e. The maximum atomic E-state index is 14.2. The molecule has 1 amide bonds. The Morgan fingerprint density at radius 3 is 2.24 bits per heavy atom. The first-order valence-corrected chi connectivity index (χ1v) is 17.8. The molecule has 51 heavy (non-hydrogen) atoms. The molecule has 0 aromatic heterocycles. The van der Waals surface area contributed by atoms with E-state index in [-0.39, 0.29) is 5.75 Å². The summed E-state index contributed by atoms with van der Waals surface area (Å²) >= 11 is 0. The van der Waals surface area contributed by atoms with Gasteiger partial charge in [0.1, 0.15) is 30.5 Å². The number of benzene rings is 1. The van der Waals surface area contributed by atoms with Crippen LogP contribution >= 0.6 is 7.75 Å². The van der Waals surface area contributed by atoms with Gasteiger partial charge in [0, 0.05) is 18.8 Å². The molecule has 2 aliphatic rings. The van der Waals surface area contributed by atoms with E-state index in [9.17, 15) is 28.5 Å². The van der Waals surface area contributed by atoms with Crippen molar-refractivity contribution in [3.63, 3.8) is 0 Å². The number of para-hydroxylation sites is 1. The molecule has 2 saturated heterocycles. The van der Waals surface area contributed by atoms with Crippen molar-refractivity contribution in [1.29, 1.82) is 0 Å². The summed E-state index contributed by atoms with van der Waals surface area (Å²) in [7, 11) is -2.59. The quantitative estimate of drug-likeness (QED) is 0.0617. The van der Waals surface area contributed by atoms with Crippen LogP contribution in [0.15, 0.2) is 35.4 Å². The SMILES string of the molecule is CC(=O)O[C@H]1[C@H](OC(C)=O)[C@@H](COP(=O)(N[C@@H](C)C(=O)OC(C)C)Oc2ccccc2)OC(OC(=O)C2CCN(C)CC2)[C@H]1NC(=O)CN=[N+]=[N-]. The first-order chi connectivity index (χ1) is 24.1. The predicted octanol–water partition coefficient (Wildman–Crippen LogP) is 2.39. The second kappa shape index (κ2) is 19.4. The van der Waals surface area contributed by atoms with E-state index < -0.39 is 99.4 Å². The summed E-state index contributed by atoms with van der Waals surface area (Å²) in [4.78, 5) is 68.2. The lowest BCUT2D eigenvalue weighted by Crippen LogP contribution is -2.67. The molecule has 2 heterocycles. The van der Waals surface area contributed by atoms with Crippen molar-refractivity contribution in [3.05, 3.63) is 40.8 Å². The monoisotopic (exact) mass is 740 g/mol. The van der Waals surface area contributed by atoms with Crippen LogP contribution in [0, 0.1) is 5.92 Å². The van der Waals surface area contributed by atoms with E-state index in [0.717, 1.165) is 13.8 Å². The van der Waals surface area contributed by atoms with Gasteiger partial charge < -0.3 is 38.4 Å². The van der Waals surface area contributed by atoms with Gasteiger partial charge in [-0.3, -0.25) is 28.5 Å². The fourth-order valence-electron chi connectivity index (χ4n) is 5.25. The van der Waals surface area contributed by atoms with Gasteiger partial charge >= 0.3 is 31.6 Å². The molecule has 1 aromatic carbocycles. The number of likely N-dealkylation sites (tertiary alicyclic amines) is 1. The molecule has 3 rings (SSSR count). The van der Waals surface area contributed by atoms with Gasteiger partial charge in [0.25, 0.3) is 0 Å². The summed E-state index contributed by atoms with van der Waals surface area (Å²) < 4.78 is 53.8. The number of hydrogen-bond acceptors (Lipinski definition) is 15. The molecule has 19 nitrogen and oxygen atoms in total. The number of piperidine rings is 1. The highest BCUT2D eigenvalue weighted by molar-refractivity contribution is 7.52. The van der Waals surface area contributed by atoms with Crippen LogP contribution in [0.1, 0.15) is 47.5 Å². The van der Waals surface area contributed by atoms with E-state index in [4.69, 9.17) is 38.3 Å². The predicted molar refractivity (Wildman–Crippen MR) is 176 cm³/mol. The third-order valence-electron chi connectivity index (χ3n) is 7.57. The fraction of sp³-hybridized carbons (Fsp3) is 0.645. The molecule has 0 aliphatic carbocycles. The fourth-order valence-corrected chi connectivity index (χ4v) is 6.75. The van der Waals surface area contributed by atoms with Crippen molar-refractivity contribution in [2.24, 2.45) is 11.0 Å². The number of carbonyl (C=O) groups is 5. The third kappa shape index (κ3) is 13.1. The van der Waals surface area contributed by atoms with Gasteiger partial charge in [-0.2, -0.15) is 5.09 Å². The van der Waals surface area contributed by atoms with Crippen molar-refractivity contribution < 1.29 is 61.3 Å². The number of carbonyl (C=O) groups excluding carboxylic acids is 5. The molecule has 0 bridgehead atoms. The number of azide groups is 1. The minimum absolute atomic E-state index is 0.101. The lowest BCUT2D eigenvalue weighted by Gasteiger charge is -2.45. The van der Waals surface area contributed by atoms with E-state index in [1.54, 1.807) is 32.0 Å². The largest absolute Gasteiger partial charge is 0.462 e. The van der Waals surface area contributed by atoms with E-state index in [1.807, 2.05) is 11.9 Å². The molecule has 7 atom stereocenters.